The predicted octanol–water partition coefficient (Wildman–Crippen LogP) is 4.70. The Morgan fingerprint density at radius 3 is 2.68 bits per heavy atom. The van der Waals surface area contributed by atoms with Crippen LogP contribution in [-0.2, 0) is 4.74 Å². The van der Waals surface area contributed by atoms with E-state index < -0.39 is 11.8 Å². The first-order valence-corrected chi connectivity index (χ1v) is 6.54. The summed E-state index contributed by atoms with van der Waals surface area (Å²) in [6.45, 7) is 0. The monoisotopic (exact) mass is 342 g/mol. The first-order valence-electron chi connectivity index (χ1n) is 5.37. The van der Waals surface area contributed by atoms with Crippen LogP contribution in [0.15, 0.2) is 40.9 Å². The van der Waals surface area contributed by atoms with E-state index in [-0.39, 0.29) is 16.1 Å². The van der Waals surface area contributed by atoms with Gasteiger partial charge < -0.3 is 4.74 Å². The average molecular weight is 344 g/mol. The Kier molecular flexibility index (Phi) is 4.22. The number of benzene rings is 2. The van der Waals surface area contributed by atoms with E-state index >= 15 is 0 Å². The first-order chi connectivity index (χ1) is 9.04. The summed E-state index contributed by atoms with van der Waals surface area (Å²) in [4.78, 5) is 11.7. The van der Waals surface area contributed by atoms with Crippen molar-refractivity contribution in [3.63, 3.8) is 0 Å². The van der Waals surface area contributed by atoms with Crippen LogP contribution in [0, 0.1) is 5.82 Å². The maximum Gasteiger partial charge on any atom is 0.338 e. The topological polar surface area (TPSA) is 26.3 Å². The van der Waals surface area contributed by atoms with Gasteiger partial charge in [-0.15, -0.1) is 0 Å². The molecule has 2 nitrogen and oxygen atoms in total. The van der Waals surface area contributed by atoms with Gasteiger partial charge in [0.25, 0.3) is 0 Å². The number of carbonyl (C=O) groups excluding carboxylic acids is 1. The highest BCUT2D eigenvalue weighted by molar-refractivity contribution is 9.10. The van der Waals surface area contributed by atoms with Gasteiger partial charge in [-0.1, -0.05) is 39.7 Å². The van der Waals surface area contributed by atoms with Crippen molar-refractivity contribution in [1.82, 2.24) is 0 Å². The van der Waals surface area contributed by atoms with E-state index in [0.29, 0.717) is 5.56 Å². The third-order valence-corrected chi connectivity index (χ3v) is 3.41. The average Bonchev–Trinajstić information content (AvgIpc) is 2.41. The van der Waals surface area contributed by atoms with Crippen LogP contribution in [0.25, 0.3) is 11.1 Å². The minimum absolute atomic E-state index is 0.00768. The van der Waals surface area contributed by atoms with Gasteiger partial charge in [0, 0.05) is 15.6 Å². The van der Waals surface area contributed by atoms with E-state index in [4.69, 9.17) is 16.3 Å². The standard InChI is InChI=1S/C14H9BrClFO2/c1-19-14(18)10-6-5-8(15)7-11(10)9-3-2-4-12(16)13(9)17/h2-7H,1H3. The van der Waals surface area contributed by atoms with Crippen LogP contribution in [0.4, 0.5) is 4.39 Å². The maximum absolute atomic E-state index is 14.1. The lowest BCUT2D eigenvalue weighted by Gasteiger charge is -2.10. The lowest BCUT2D eigenvalue weighted by molar-refractivity contribution is 0.0601. The number of carbonyl (C=O) groups is 1. The summed E-state index contributed by atoms with van der Waals surface area (Å²) in [6, 6.07) is 9.57. The number of esters is 1. The molecule has 0 saturated heterocycles. The number of rotatable bonds is 2. The van der Waals surface area contributed by atoms with E-state index in [1.807, 2.05) is 0 Å². The number of ether oxygens (including phenoxy) is 1. The van der Waals surface area contributed by atoms with Crippen molar-refractivity contribution in [2.24, 2.45) is 0 Å². The van der Waals surface area contributed by atoms with Crippen molar-refractivity contribution in [3.8, 4) is 11.1 Å². The molecule has 0 heterocycles. The first kappa shape index (κ1) is 14.0. The fraction of sp³-hybridized carbons (Fsp3) is 0.0714. The van der Waals surface area contributed by atoms with Crippen molar-refractivity contribution >= 4 is 33.5 Å². The van der Waals surface area contributed by atoms with Crippen LogP contribution < -0.4 is 0 Å². The molecule has 0 saturated carbocycles. The molecule has 0 amide bonds. The summed E-state index contributed by atoms with van der Waals surface area (Å²) in [5.41, 5.74) is 0.974. The van der Waals surface area contributed by atoms with E-state index in [9.17, 15) is 9.18 Å². The molecule has 0 unspecified atom stereocenters. The summed E-state index contributed by atoms with van der Waals surface area (Å²) in [7, 11) is 1.28. The van der Waals surface area contributed by atoms with Crippen LogP contribution in [0.3, 0.4) is 0 Å². The summed E-state index contributed by atoms with van der Waals surface area (Å²) < 4.78 is 19.5. The molecule has 0 aliphatic rings. The Labute approximate surface area is 123 Å². The molecule has 0 aromatic heterocycles. The molecular formula is C14H9BrClFO2. The molecule has 2 aromatic rings. The molecule has 5 heteroatoms. The Bertz CT molecular complexity index is 643. The van der Waals surface area contributed by atoms with E-state index in [0.717, 1.165) is 4.47 Å². The third kappa shape index (κ3) is 2.80. The minimum Gasteiger partial charge on any atom is -0.465 e. The molecule has 2 rings (SSSR count). The molecule has 0 aliphatic carbocycles. The van der Waals surface area contributed by atoms with Gasteiger partial charge >= 0.3 is 5.97 Å². The molecule has 98 valence electrons. The van der Waals surface area contributed by atoms with Gasteiger partial charge in [0.15, 0.2) is 0 Å². The Balaban J connectivity index is 2.70. The van der Waals surface area contributed by atoms with Crippen molar-refractivity contribution in [2.45, 2.75) is 0 Å². The lowest BCUT2D eigenvalue weighted by atomic mass is 9.99. The fourth-order valence-corrected chi connectivity index (χ4v) is 2.27. The molecule has 0 aliphatic heterocycles. The van der Waals surface area contributed by atoms with Crippen molar-refractivity contribution in [2.75, 3.05) is 7.11 Å². The minimum atomic E-state index is -0.563. The van der Waals surface area contributed by atoms with Crippen molar-refractivity contribution < 1.29 is 13.9 Å². The van der Waals surface area contributed by atoms with Crippen molar-refractivity contribution in [1.29, 1.82) is 0 Å². The van der Waals surface area contributed by atoms with E-state index in [1.54, 1.807) is 30.3 Å². The summed E-state index contributed by atoms with van der Waals surface area (Å²) in [6.07, 6.45) is 0. The highest BCUT2D eigenvalue weighted by Gasteiger charge is 2.17. The van der Waals surface area contributed by atoms with E-state index in [2.05, 4.69) is 15.9 Å². The molecule has 0 radical (unpaired) electrons. The van der Waals surface area contributed by atoms with Gasteiger partial charge in [0.1, 0.15) is 5.82 Å². The molecule has 0 spiro atoms. The SMILES string of the molecule is COC(=O)c1ccc(Br)cc1-c1cccc(Cl)c1F. The van der Waals surface area contributed by atoms with Gasteiger partial charge in [-0.2, -0.15) is 0 Å². The summed E-state index contributed by atoms with van der Waals surface area (Å²) in [5.74, 6) is -1.09. The quantitative estimate of drug-likeness (QED) is 0.739. The zero-order valence-corrected chi connectivity index (χ0v) is 12.3. The number of hydrogen-bond donors (Lipinski definition) is 0. The van der Waals surface area contributed by atoms with Gasteiger partial charge in [-0.3, -0.25) is 0 Å². The van der Waals surface area contributed by atoms with Crippen molar-refractivity contribution in [3.05, 3.63) is 57.3 Å². The molecule has 0 N–H and O–H groups in total. The van der Waals surface area contributed by atoms with Crippen LogP contribution in [0.2, 0.25) is 5.02 Å². The van der Waals surface area contributed by atoms with Crippen LogP contribution in [-0.4, -0.2) is 13.1 Å². The third-order valence-electron chi connectivity index (χ3n) is 2.63. The molecule has 0 fully saturated rings. The smallest absolute Gasteiger partial charge is 0.338 e. The highest BCUT2D eigenvalue weighted by atomic mass is 79.9. The Morgan fingerprint density at radius 1 is 1.26 bits per heavy atom. The lowest BCUT2D eigenvalue weighted by Crippen LogP contribution is -2.04. The number of hydrogen-bond acceptors (Lipinski definition) is 2. The molecule has 0 atom stereocenters. The van der Waals surface area contributed by atoms with Gasteiger partial charge in [0.05, 0.1) is 17.7 Å². The number of halogens is 3. The van der Waals surface area contributed by atoms with E-state index in [1.165, 1.54) is 13.2 Å². The largest absolute Gasteiger partial charge is 0.465 e. The van der Waals surface area contributed by atoms with Crippen LogP contribution in [0.5, 0.6) is 0 Å². The molecular weight excluding hydrogens is 335 g/mol. The van der Waals surface area contributed by atoms with Crippen LogP contribution >= 0.6 is 27.5 Å². The van der Waals surface area contributed by atoms with Gasteiger partial charge in [-0.05, 0) is 24.3 Å². The molecule has 0 bridgehead atoms. The molecule has 2 aromatic carbocycles. The zero-order chi connectivity index (χ0) is 14.0. The Morgan fingerprint density at radius 2 is 2.00 bits per heavy atom. The molecule has 19 heavy (non-hydrogen) atoms. The predicted molar refractivity (Wildman–Crippen MR) is 75.9 cm³/mol. The fourth-order valence-electron chi connectivity index (χ4n) is 1.74. The van der Waals surface area contributed by atoms with Gasteiger partial charge in [0.2, 0.25) is 0 Å². The second-order valence-corrected chi connectivity index (χ2v) is 5.11. The summed E-state index contributed by atoms with van der Waals surface area (Å²) >= 11 is 9.07. The Hall–Kier alpha value is -1.39. The zero-order valence-electron chi connectivity index (χ0n) is 9.91. The van der Waals surface area contributed by atoms with Gasteiger partial charge in [-0.25, -0.2) is 9.18 Å². The number of methoxy groups -OCH3 is 1. The maximum atomic E-state index is 14.1. The second kappa shape index (κ2) is 5.72. The summed E-state index contributed by atoms with van der Waals surface area (Å²) in [5, 5.41) is 0.00768. The highest BCUT2D eigenvalue weighted by Crippen LogP contribution is 2.32. The normalized spacial score (nSPS) is 10.3. The van der Waals surface area contributed by atoms with Crippen LogP contribution in [0.1, 0.15) is 10.4 Å². The second-order valence-electron chi connectivity index (χ2n) is 3.78.